The summed E-state index contributed by atoms with van der Waals surface area (Å²) in [6.07, 6.45) is 10.3. The molecule has 2 heteroatoms. The normalized spacial score (nSPS) is 19.2. The minimum atomic E-state index is 0.807. The van der Waals surface area contributed by atoms with Gasteiger partial charge in [-0.05, 0) is 85.8 Å². The molecule has 0 atom stereocenters. The number of hydrogen-bond acceptors (Lipinski definition) is 1. The average molecular weight is 317 g/mol. The molecule has 6 rings (SSSR count). The molecule has 0 saturated carbocycles. The highest BCUT2D eigenvalue weighted by atomic mass is 16.5. The predicted molar refractivity (Wildman–Crippen MR) is 98.2 cm³/mol. The molecule has 1 aromatic heterocycles. The highest BCUT2D eigenvalue weighted by Gasteiger charge is 2.27. The van der Waals surface area contributed by atoms with E-state index in [4.69, 9.17) is 4.74 Å². The van der Waals surface area contributed by atoms with E-state index in [1.807, 2.05) is 0 Å². The molecule has 0 amide bonds. The topological polar surface area (TPSA) is 14.2 Å². The lowest BCUT2D eigenvalue weighted by molar-refractivity contribution is 0.289. The average Bonchev–Trinajstić information content (AvgIpc) is 2.99. The van der Waals surface area contributed by atoms with Crippen molar-refractivity contribution in [1.29, 1.82) is 0 Å². The molecule has 24 heavy (non-hydrogen) atoms. The molecule has 0 unspecified atom stereocenters. The van der Waals surface area contributed by atoms with E-state index < -0.39 is 0 Å². The molecule has 3 aromatic rings. The third-order valence-corrected chi connectivity index (χ3v) is 6.48. The number of benzene rings is 2. The zero-order chi connectivity index (χ0) is 15.7. The Bertz CT molecular complexity index is 995. The van der Waals surface area contributed by atoms with Gasteiger partial charge in [-0.15, -0.1) is 0 Å². The molecule has 0 radical (unpaired) electrons. The minimum Gasteiger partial charge on any atom is -0.490 e. The summed E-state index contributed by atoms with van der Waals surface area (Å²) in [6.45, 7) is 1.80. The van der Waals surface area contributed by atoms with Crippen molar-refractivity contribution >= 4 is 21.8 Å². The summed E-state index contributed by atoms with van der Waals surface area (Å²) in [5, 5.41) is 3.13. The van der Waals surface area contributed by atoms with Crippen molar-refractivity contribution in [2.75, 3.05) is 6.61 Å². The van der Waals surface area contributed by atoms with Crippen LogP contribution >= 0.6 is 0 Å². The van der Waals surface area contributed by atoms with Crippen LogP contribution in [0.1, 0.15) is 47.9 Å². The maximum Gasteiger partial charge on any atom is 0.143 e. The lowest BCUT2D eigenvalue weighted by atomic mass is 9.84. The fourth-order valence-electron chi connectivity index (χ4n) is 5.43. The van der Waals surface area contributed by atoms with Crippen LogP contribution in [0.4, 0.5) is 0 Å². The fraction of sp³-hybridized carbons (Fsp3) is 0.455. The van der Waals surface area contributed by atoms with Crippen LogP contribution in [0.3, 0.4) is 0 Å². The molecular formula is C22H23NO. The number of ether oxygens (including phenoxy) is 1. The monoisotopic (exact) mass is 317 g/mol. The van der Waals surface area contributed by atoms with E-state index in [2.05, 4.69) is 22.8 Å². The lowest BCUT2D eigenvalue weighted by Crippen LogP contribution is -2.15. The Labute approximate surface area is 142 Å². The van der Waals surface area contributed by atoms with Gasteiger partial charge in [0.25, 0.3) is 0 Å². The van der Waals surface area contributed by atoms with E-state index in [1.54, 1.807) is 33.0 Å². The first kappa shape index (κ1) is 13.3. The minimum absolute atomic E-state index is 0.807. The second-order valence-electron chi connectivity index (χ2n) is 7.75. The van der Waals surface area contributed by atoms with Gasteiger partial charge >= 0.3 is 0 Å². The van der Waals surface area contributed by atoms with E-state index in [1.165, 1.54) is 62.4 Å². The zero-order valence-electron chi connectivity index (χ0n) is 14.2. The molecule has 0 spiro atoms. The van der Waals surface area contributed by atoms with Crippen molar-refractivity contribution in [2.45, 2.75) is 57.9 Å². The Balaban J connectivity index is 1.85. The van der Waals surface area contributed by atoms with Crippen molar-refractivity contribution in [1.82, 2.24) is 4.57 Å². The van der Waals surface area contributed by atoms with Gasteiger partial charge in [0, 0.05) is 16.3 Å². The van der Waals surface area contributed by atoms with E-state index in [0.29, 0.717) is 0 Å². The number of nitrogens with zero attached hydrogens (tertiary/aromatic N) is 1. The molecule has 2 aromatic carbocycles. The summed E-state index contributed by atoms with van der Waals surface area (Å²) < 4.78 is 8.66. The Kier molecular flexibility index (Phi) is 2.66. The summed E-state index contributed by atoms with van der Waals surface area (Å²) in [6, 6.07) is 7.16. The van der Waals surface area contributed by atoms with E-state index in [9.17, 15) is 0 Å². The van der Waals surface area contributed by atoms with Gasteiger partial charge in [0.05, 0.1) is 12.1 Å². The first-order valence-electron chi connectivity index (χ1n) is 9.66. The van der Waals surface area contributed by atoms with Crippen LogP contribution in [0, 0.1) is 0 Å². The van der Waals surface area contributed by atoms with Crippen LogP contribution in [0.5, 0.6) is 5.75 Å². The molecule has 1 aliphatic heterocycles. The summed E-state index contributed by atoms with van der Waals surface area (Å²) in [5.74, 6) is 1.14. The Morgan fingerprint density at radius 3 is 2.42 bits per heavy atom. The predicted octanol–water partition coefficient (Wildman–Crippen LogP) is 4.94. The van der Waals surface area contributed by atoms with Gasteiger partial charge in [0.1, 0.15) is 12.4 Å². The van der Waals surface area contributed by atoms with Gasteiger partial charge in [-0.1, -0.05) is 6.07 Å². The van der Waals surface area contributed by atoms with Crippen molar-refractivity contribution in [3.05, 3.63) is 40.5 Å². The quantitative estimate of drug-likeness (QED) is 0.572. The smallest absolute Gasteiger partial charge is 0.143 e. The zero-order valence-corrected chi connectivity index (χ0v) is 14.2. The molecule has 3 aliphatic rings. The van der Waals surface area contributed by atoms with E-state index >= 15 is 0 Å². The largest absolute Gasteiger partial charge is 0.490 e. The van der Waals surface area contributed by atoms with Crippen LogP contribution in [0.25, 0.3) is 21.8 Å². The van der Waals surface area contributed by atoms with Gasteiger partial charge < -0.3 is 9.30 Å². The van der Waals surface area contributed by atoms with Gasteiger partial charge in [-0.25, -0.2) is 0 Å². The summed E-state index contributed by atoms with van der Waals surface area (Å²) in [4.78, 5) is 0. The second-order valence-corrected chi connectivity index (χ2v) is 7.75. The highest BCUT2D eigenvalue weighted by molar-refractivity contribution is 6.14. The van der Waals surface area contributed by atoms with Crippen molar-refractivity contribution < 1.29 is 4.74 Å². The van der Waals surface area contributed by atoms with Gasteiger partial charge in [-0.2, -0.15) is 0 Å². The van der Waals surface area contributed by atoms with Crippen LogP contribution in [-0.4, -0.2) is 11.2 Å². The van der Waals surface area contributed by atoms with Crippen LogP contribution in [-0.2, 0) is 32.2 Å². The van der Waals surface area contributed by atoms with E-state index in [-0.39, 0.29) is 0 Å². The molecular weight excluding hydrogens is 294 g/mol. The first-order chi connectivity index (χ1) is 11.9. The molecule has 122 valence electrons. The maximum absolute atomic E-state index is 6.11. The van der Waals surface area contributed by atoms with Gasteiger partial charge in [-0.3, -0.25) is 0 Å². The number of aromatic nitrogens is 1. The highest BCUT2D eigenvalue weighted by Crippen LogP contribution is 2.45. The standard InChI is InChI=1S/C22H23NO/c1-3-7-16-14(5-1)9-10-18-20(16)21-17-8-4-2-6-15(17)13-19-22(21)23(18)11-12-24-19/h9-10,13H,1-8,11-12H2. The first-order valence-corrected chi connectivity index (χ1v) is 9.66. The molecule has 2 heterocycles. The van der Waals surface area contributed by atoms with Crippen LogP contribution in [0.2, 0.25) is 0 Å². The molecule has 0 saturated heterocycles. The summed E-state index contributed by atoms with van der Waals surface area (Å²) in [7, 11) is 0. The fourth-order valence-corrected chi connectivity index (χ4v) is 5.43. The Hall–Kier alpha value is -1.96. The molecule has 0 bridgehead atoms. The molecule has 2 nitrogen and oxygen atoms in total. The Morgan fingerprint density at radius 2 is 1.54 bits per heavy atom. The summed E-state index contributed by atoms with van der Waals surface area (Å²) in [5.41, 5.74) is 9.27. The third-order valence-electron chi connectivity index (χ3n) is 6.48. The number of hydrogen-bond donors (Lipinski definition) is 0. The number of fused-ring (bicyclic) bond motifs is 7. The second kappa shape index (κ2) is 4.78. The Morgan fingerprint density at radius 1 is 0.792 bits per heavy atom. The van der Waals surface area contributed by atoms with Crippen LogP contribution < -0.4 is 4.74 Å². The molecule has 2 aliphatic carbocycles. The van der Waals surface area contributed by atoms with Gasteiger partial charge in [0.15, 0.2) is 0 Å². The molecule has 0 N–H and O–H groups in total. The lowest BCUT2D eigenvalue weighted by Gasteiger charge is -2.23. The van der Waals surface area contributed by atoms with E-state index in [0.717, 1.165) is 18.9 Å². The third kappa shape index (κ3) is 1.62. The molecule has 0 fully saturated rings. The number of aryl methyl sites for hydroxylation is 4. The van der Waals surface area contributed by atoms with Crippen molar-refractivity contribution in [2.24, 2.45) is 0 Å². The van der Waals surface area contributed by atoms with Crippen molar-refractivity contribution in [3.63, 3.8) is 0 Å². The van der Waals surface area contributed by atoms with Gasteiger partial charge in [0.2, 0.25) is 0 Å². The van der Waals surface area contributed by atoms with Crippen molar-refractivity contribution in [3.8, 4) is 5.75 Å². The summed E-state index contributed by atoms with van der Waals surface area (Å²) >= 11 is 0. The van der Waals surface area contributed by atoms with Crippen LogP contribution in [0.15, 0.2) is 18.2 Å². The number of rotatable bonds is 0. The SMILES string of the molecule is c1cc2c(c3c1CCCC3)c1c3c(cc4c1n2CCO4)CCCC3. The maximum atomic E-state index is 6.11.